The molecule has 0 aliphatic rings. The van der Waals surface area contributed by atoms with Gasteiger partial charge in [0, 0.05) is 18.7 Å². The normalized spacial score (nSPS) is 11.9. The number of nitro benzene ring substituents is 1. The lowest BCUT2D eigenvalue weighted by molar-refractivity contribution is -0.385. The van der Waals surface area contributed by atoms with Crippen LogP contribution in [0.4, 0.5) is 5.69 Å². The average molecular weight is 255 g/mol. The molecule has 0 bridgehead atoms. The molecule has 0 amide bonds. The zero-order chi connectivity index (χ0) is 13.5. The van der Waals surface area contributed by atoms with E-state index in [2.05, 4.69) is 0 Å². The number of aldehydes is 1. The largest absolute Gasteiger partial charge is 0.484 e. The molecule has 0 aromatic heterocycles. The lowest BCUT2D eigenvalue weighted by Gasteiger charge is -2.11. The monoisotopic (exact) mass is 255 g/mol. The number of nitro groups is 1. The molecule has 0 saturated carbocycles. The third-order valence-corrected chi connectivity index (χ3v) is 2.11. The standard InChI is InChI=1S/C11H13NO6/c1-17-6-9(14)7-18-11-3-2-8(5-13)4-10(11)12(15)16/h2-5,9,14H,6-7H2,1H3. The fourth-order valence-electron chi connectivity index (χ4n) is 1.30. The summed E-state index contributed by atoms with van der Waals surface area (Å²) >= 11 is 0. The molecular weight excluding hydrogens is 242 g/mol. The number of aliphatic hydroxyl groups is 1. The van der Waals surface area contributed by atoms with Gasteiger partial charge >= 0.3 is 5.69 Å². The molecule has 1 unspecified atom stereocenters. The van der Waals surface area contributed by atoms with E-state index in [9.17, 15) is 20.0 Å². The van der Waals surface area contributed by atoms with Crippen LogP contribution >= 0.6 is 0 Å². The van der Waals surface area contributed by atoms with Crippen molar-refractivity contribution in [2.45, 2.75) is 6.10 Å². The summed E-state index contributed by atoms with van der Waals surface area (Å²) < 4.78 is 9.82. The summed E-state index contributed by atoms with van der Waals surface area (Å²) in [6, 6.07) is 3.84. The SMILES string of the molecule is COCC(O)COc1ccc(C=O)cc1[N+](=O)[O-]. The van der Waals surface area contributed by atoms with Crippen LogP contribution in [0.5, 0.6) is 5.75 Å². The van der Waals surface area contributed by atoms with Gasteiger partial charge < -0.3 is 14.6 Å². The molecule has 18 heavy (non-hydrogen) atoms. The quantitative estimate of drug-likeness (QED) is 0.439. The summed E-state index contributed by atoms with van der Waals surface area (Å²) in [5.74, 6) is 0.000697. The first-order valence-electron chi connectivity index (χ1n) is 5.12. The van der Waals surface area contributed by atoms with Crippen molar-refractivity contribution in [1.82, 2.24) is 0 Å². The first kappa shape index (κ1) is 14.1. The molecular formula is C11H13NO6. The van der Waals surface area contributed by atoms with Crippen molar-refractivity contribution >= 4 is 12.0 Å². The van der Waals surface area contributed by atoms with Crippen LogP contribution in [0.3, 0.4) is 0 Å². The molecule has 0 radical (unpaired) electrons. The maximum absolute atomic E-state index is 10.8. The summed E-state index contributed by atoms with van der Waals surface area (Å²) in [7, 11) is 1.42. The number of carbonyl (C=O) groups excluding carboxylic acids is 1. The number of hydrogen-bond donors (Lipinski definition) is 1. The van der Waals surface area contributed by atoms with Crippen LogP contribution in [-0.2, 0) is 4.74 Å². The molecule has 1 rings (SSSR count). The summed E-state index contributed by atoms with van der Waals surface area (Å²) in [5.41, 5.74) is -0.129. The zero-order valence-corrected chi connectivity index (χ0v) is 9.74. The van der Waals surface area contributed by atoms with Gasteiger partial charge in [-0.3, -0.25) is 14.9 Å². The maximum atomic E-state index is 10.8. The van der Waals surface area contributed by atoms with E-state index in [0.29, 0.717) is 6.29 Å². The highest BCUT2D eigenvalue weighted by Crippen LogP contribution is 2.27. The van der Waals surface area contributed by atoms with Gasteiger partial charge in [-0.25, -0.2) is 0 Å². The number of benzene rings is 1. The van der Waals surface area contributed by atoms with Crippen molar-refractivity contribution in [2.75, 3.05) is 20.3 Å². The van der Waals surface area contributed by atoms with Crippen LogP contribution in [0.2, 0.25) is 0 Å². The van der Waals surface area contributed by atoms with E-state index in [-0.39, 0.29) is 30.2 Å². The second-order valence-electron chi connectivity index (χ2n) is 3.52. The van der Waals surface area contributed by atoms with Crippen LogP contribution in [0.1, 0.15) is 10.4 Å². The second kappa shape index (κ2) is 6.67. The van der Waals surface area contributed by atoms with Crippen LogP contribution in [-0.4, -0.2) is 42.7 Å². The third kappa shape index (κ3) is 3.79. The number of ether oxygens (including phenoxy) is 2. The van der Waals surface area contributed by atoms with Gasteiger partial charge in [0.2, 0.25) is 0 Å². The molecule has 0 spiro atoms. The molecule has 1 aromatic carbocycles. The van der Waals surface area contributed by atoms with E-state index >= 15 is 0 Å². The Kier molecular flexibility index (Phi) is 5.22. The van der Waals surface area contributed by atoms with Crippen molar-refractivity contribution < 1.29 is 24.3 Å². The molecule has 1 atom stereocenters. The molecule has 0 fully saturated rings. The molecule has 7 heteroatoms. The van der Waals surface area contributed by atoms with Crippen molar-refractivity contribution in [1.29, 1.82) is 0 Å². The van der Waals surface area contributed by atoms with Crippen molar-refractivity contribution in [3.8, 4) is 5.75 Å². The Bertz CT molecular complexity index is 434. The fourth-order valence-corrected chi connectivity index (χ4v) is 1.30. The summed E-state index contributed by atoms with van der Waals surface area (Å²) in [6.07, 6.45) is -0.364. The van der Waals surface area contributed by atoms with Crippen LogP contribution < -0.4 is 4.74 Å². The van der Waals surface area contributed by atoms with Crippen molar-refractivity contribution in [2.24, 2.45) is 0 Å². The van der Waals surface area contributed by atoms with Crippen LogP contribution in [0.25, 0.3) is 0 Å². The van der Waals surface area contributed by atoms with E-state index in [0.717, 1.165) is 6.07 Å². The molecule has 0 saturated heterocycles. The minimum Gasteiger partial charge on any atom is -0.484 e. The van der Waals surface area contributed by atoms with E-state index < -0.39 is 11.0 Å². The Hall–Kier alpha value is -1.99. The lowest BCUT2D eigenvalue weighted by atomic mass is 10.2. The van der Waals surface area contributed by atoms with E-state index in [4.69, 9.17) is 9.47 Å². The summed E-state index contributed by atoms with van der Waals surface area (Å²) in [5, 5.41) is 20.1. The Morgan fingerprint density at radius 2 is 2.22 bits per heavy atom. The van der Waals surface area contributed by atoms with Gasteiger partial charge in [-0.2, -0.15) is 0 Å². The topological polar surface area (TPSA) is 98.9 Å². The molecule has 1 N–H and O–H groups in total. The Labute approximate surface area is 103 Å². The first-order valence-corrected chi connectivity index (χ1v) is 5.12. The molecule has 0 aliphatic carbocycles. The average Bonchev–Trinajstić information content (AvgIpc) is 2.36. The fraction of sp³-hybridized carbons (Fsp3) is 0.364. The highest BCUT2D eigenvalue weighted by molar-refractivity contribution is 5.77. The van der Waals surface area contributed by atoms with Crippen molar-refractivity contribution in [3.63, 3.8) is 0 Å². The van der Waals surface area contributed by atoms with Crippen molar-refractivity contribution in [3.05, 3.63) is 33.9 Å². The molecule has 7 nitrogen and oxygen atoms in total. The van der Waals surface area contributed by atoms with Gasteiger partial charge in [0.25, 0.3) is 0 Å². The predicted molar refractivity (Wildman–Crippen MR) is 61.9 cm³/mol. The lowest BCUT2D eigenvalue weighted by Crippen LogP contribution is -2.22. The summed E-state index contributed by atoms with van der Waals surface area (Å²) in [6.45, 7) is -0.0602. The van der Waals surface area contributed by atoms with Gasteiger partial charge in [0.05, 0.1) is 11.5 Å². The Balaban J connectivity index is 2.81. The zero-order valence-electron chi connectivity index (χ0n) is 9.74. The molecule has 0 heterocycles. The third-order valence-electron chi connectivity index (χ3n) is 2.11. The Morgan fingerprint density at radius 1 is 1.50 bits per heavy atom. The number of methoxy groups -OCH3 is 1. The summed E-state index contributed by atoms with van der Waals surface area (Å²) in [4.78, 5) is 20.7. The minimum atomic E-state index is -0.875. The van der Waals surface area contributed by atoms with E-state index in [1.807, 2.05) is 0 Å². The molecule has 0 aliphatic heterocycles. The number of carbonyl (C=O) groups is 1. The Morgan fingerprint density at radius 3 is 2.78 bits per heavy atom. The molecule has 1 aromatic rings. The van der Waals surface area contributed by atoms with Gasteiger partial charge in [0.15, 0.2) is 5.75 Å². The number of nitrogens with zero attached hydrogens (tertiary/aromatic N) is 1. The van der Waals surface area contributed by atoms with Gasteiger partial charge in [-0.1, -0.05) is 0 Å². The first-order chi connectivity index (χ1) is 8.58. The van der Waals surface area contributed by atoms with Gasteiger partial charge in [-0.15, -0.1) is 0 Å². The number of aliphatic hydroxyl groups excluding tert-OH is 1. The predicted octanol–water partition coefficient (Wildman–Crippen LogP) is 0.793. The highest BCUT2D eigenvalue weighted by atomic mass is 16.6. The van der Waals surface area contributed by atoms with Crippen LogP contribution in [0.15, 0.2) is 18.2 Å². The smallest absolute Gasteiger partial charge is 0.311 e. The minimum absolute atomic E-state index is 0.000697. The second-order valence-corrected chi connectivity index (χ2v) is 3.52. The van der Waals surface area contributed by atoms with E-state index in [1.165, 1.54) is 19.2 Å². The van der Waals surface area contributed by atoms with Gasteiger partial charge in [0.1, 0.15) is 19.0 Å². The molecule has 98 valence electrons. The van der Waals surface area contributed by atoms with E-state index in [1.54, 1.807) is 0 Å². The highest BCUT2D eigenvalue weighted by Gasteiger charge is 2.17. The number of hydrogen-bond acceptors (Lipinski definition) is 6. The van der Waals surface area contributed by atoms with Gasteiger partial charge in [-0.05, 0) is 12.1 Å². The maximum Gasteiger partial charge on any atom is 0.311 e. The number of rotatable bonds is 7. The van der Waals surface area contributed by atoms with Crippen LogP contribution in [0, 0.1) is 10.1 Å².